The lowest BCUT2D eigenvalue weighted by Gasteiger charge is -2.32. The van der Waals surface area contributed by atoms with Gasteiger partial charge in [0.25, 0.3) is 5.09 Å². The van der Waals surface area contributed by atoms with Crippen LogP contribution >= 0.6 is 0 Å². The van der Waals surface area contributed by atoms with Crippen LogP contribution in [0.15, 0.2) is 0 Å². The van der Waals surface area contributed by atoms with Crippen LogP contribution in [0.2, 0.25) is 0 Å². The van der Waals surface area contributed by atoms with Gasteiger partial charge in [-0.2, -0.15) is 0 Å². The Kier molecular flexibility index (Phi) is 3.90. The Bertz CT molecular complexity index is 216. The maximum atomic E-state index is 10.1. The molecular weight excluding hydrogens is 198 g/mol. The van der Waals surface area contributed by atoms with Crippen LogP contribution in [0.4, 0.5) is 0 Å². The number of hydrogen-bond donors (Lipinski definition) is 0. The molecule has 0 aliphatic heterocycles. The van der Waals surface area contributed by atoms with Gasteiger partial charge in [-0.3, -0.25) is 0 Å². The molecule has 1 fully saturated rings. The highest BCUT2D eigenvalue weighted by Crippen LogP contribution is 2.26. The Morgan fingerprint density at radius 2 is 1.60 bits per heavy atom. The topological polar surface area (TPSA) is 61.6 Å². The van der Waals surface area contributed by atoms with Gasteiger partial charge in [0.2, 0.25) is 0 Å². The molecule has 0 aromatic rings. The Morgan fingerprint density at radius 1 is 1.13 bits per heavy atom. The number of nitrogens with zero attached hydrogens (tertiary/aromatic N) is 1. The van der Waals surface area contributed by atoms with Crippen LogP contribution in [0.1, 0.15) is 46.5 Å². The molecule has 1 rings (SSSR count). The third-order valence-electron chi connectivity index (χ3n) is 2.38. The first-order chi connectivity index (χ1) is 6.87. The summed E-state index contributed by atoms with van der Waals surface area (Å²) in [4.78, 5) is 14.7. The quantitative estimate of drug-likeness (QED) is 0.537. The van der Waals surface area contributed by atoms with E-state index in [1.807, 2.05) is 20.8 Å². The zero-order valence-corrected chi connectivity index (χ0v) is 9.56. The van der Waals surface area contributed by atoms with Gasteiger partial charge in [-0.05, 0) is 46.5 Å². The van der Waals surface area contributed by atoms with Gasteiger partial charge in [0, 0.05) is 0 Å². The molecule has 0 aromatic carbocycles. The first-order valence-corrected chi connectivity index (χ1v) is 5.36. The molecule has 1 aliphatic carbocycles. The second-order valence-corrected chi connectivity index (χ2v) is 4.96. The summed E-state index contributed by atoms with van der Waals surface area (Å²) in [7, 11) is 0. The molecule has 88 valence electrons. The maximum absolute atomic E-state index is 10.1. The van der Waals surface area contributed by atoms with E-state index in [2.05, 4.69) is 4.84 Å². The maximum Gasteiger partial charge on any atom is 0.294 e. The van der Waals surface area contributed by atoms with E-state index in [1.165, 1.54) is 0 Å². The summed E-state index contributed by atoms with van der Waals surface area (Å²) in [5.41, 5.74) is -0.137. The van der Waals surface area contributed by atoms with Crippen molar-refractivity contribution in [3.05, 3.63) is 10.1 Å². The van der Waals surface area contributed by atoms with Crippen molar-refractivity contribution >= 4 is 0 Å². The van der Waals surface area contributed by atoms with E-state index in [4.69, 9.17) is 4.74 Å². The lowest BCUT2D eigenvalue weighted by atomic mass is 9.94. The third-order valence-corrected chi connectivity index (χ3v) is 2.38. The van der Waals surface area contributed by atoms with Crippen LogP contribution in [0.5, 0.6) is 0 Å². The molecule has 0 amide bonds. The van der Waals surface area contributed by atoms with Crippen LogP contribution in [-0.2, 0) is 9.57 Å². The first kappa shape index (κ1) is 12.2. The lowest BCUT2D eigenvalue weighted by Crippen LogP contribution is -2.33. The van der Waals surface area contributed by atoms with Crippen molar-refractivity contribution in [3.8, 4) is 0 Å². The SMILES string of the molecule is CC(C)(C)OC1CCC(O[N+](=O)[O-])CC1. The Balaban J connectivity index is 2.27. The molecule has 5 heteroatoms. The first-order valence-electron chi connectivity index (χ1n) is 5.36. The van der Waals surface area contributed by atoms with Gasteiger partial charge < -0.3 is 9.57 Å². The second kappa shape index (κ2) is 4.79. The van der Waals surface area contributed by atoms with Gasteiger partial charge in [0.05, 0.1) is 11.7 Å². The molecule has 15 heavy (non-hydrogen) atoms. The van der Waals surface area contributed by atoms with E-state index in [9.17, 15) is 10.1 Å². The average molecular weight is 217 g/mol. The van der Waals surface area contributed by atoms with Crippen LogP contribution in [0, 0.1) is 10.1 Å². The van der Waals surface area contributed by atoms with Gasteiger partial charge in [-0.25, -0.2) is 0 Å². The van der Waals surface area contributed by atoms with Crippen molar-refractivity contribution in [3.63, 3.8) is 0 Å². The Hall–Kier alpha value is -0.840. The van der Waals surface area contributed by atoms with Crippen LogP contribution < -0.4 is 0 Å². The smallest absolute Gasteiger partial charge is 0.294 e. The fourth-order valence-corrected chi connectivity index (χ4v) is 1.88. The summed E-state index contributed by atoms with van der Waals surface area (Å²) in [5, 5.41) is 9.43. The molecule has 0 unspecified atom stereocenters. The molecule has 0 N–H and O–H groups in total. The van der Waals surface area contributed by atoms with Gasteiger partial charge in [0.15, 0.2) is 0 Å². The average Bonchev–Trinajstić information content (AvgIpc) is 2.05. The molecule has 0 aromatic heterocycles. The minimum absolute atomic E-state index is 0.137. The molecule has 5 nitrogen and oxygen atoms in total. The Labute approximate surface area is 89.9 Å². The largest absolute Gasteiger partial charge is 0.373 e. The highest BCUT2D eigenvalue weighted by Gasteiger charge is 2.26. The molecule has 1 saturated carbocycles. The Morgan fingerprint density at radius 3 is 2.00 bits per heavy atom. The predicted molar refractivity (Wildman–Crippen MR) is 55.0 cm³/mol. The number of hydrogen-bond acceptors (Lipinski definition) is 4. The summed E-state index contributed by atoms with van der Waals surface area (Å²) in [5.74, 6) is 0. The van der Waals surface area contributed by atoms with Crippen molar-refractivity contribution in [2.24, 2.45) is 0 Å². The van der Waals surface area contributed by atoms with E-state index in [0.717, 1.165) is 12.8 Å². The summed E-state index contributed by atoms with van der Waals surface area (Å²) in [6, 6.07) is 0. The van der Waals surface area contributed by atoms with Gasteiger partial charge in [-0.1, -0.05) is 0 Å². The fraction of sp³-hybridized carbons (Fsp3) is 1.00. The molecule has 0 radical (unpaired) electrons. The van der Waals surface area contributed by atoms with E-state index < -0.39 is 5.09 Å². The molecule has 0 atom stereocenters. The lowest BCUT2D eigenvalue weighted by molar-refractivity contribution is -0.769. The molecular formula is C10H19NO4. The van der Waals surface area contributed by atoms with E-state index >= 15 is 0 Å². The van der Waals surface area contributed by atoms with Crippen molar-refractivity contribution in [2.45, 2.75) is 64.3 Å². The normalized spacial score (nSPS) is 27.4. The summed E-state index contributed by atoms with van der Waals surface area (Å²) in [6.45, 7) is 6.06. The molecule has 0 spiro atoms. The van der Waals surface area contributed by atoms with Crippen molar-refractivity contribution in [1.82, 2.24) is 0 Å². The van der Waals surface area contributed by atoms with E-state index in [1.54, 1.807) is 0 Å². The minimum atomic E-state index is -0.699. The number of rotatable bonds is 3. The highest BCUT2D eigenvalue weighted by atomic mass is 17.0. The van der Waals surface area contributed by atoms with Gasteiger partial charge in [0.1, 0.15) is 6.10 Å². The summed E-state index contributed by atoms with van der Waals surface area (Å²) < 4.78 is 5.81. The monoisotopic (exact) mass is 217 g/mol. The molecule has 1 aliphatic rings. The van der Waals surface area contributed by atoms with E-state index in [-0.39, 0.29) is 17.8 Å². The van der Waals surface area contributed by atoms with Gasteiger partial charge in [-0.15, -0.1) is 10.1 Å². The number of ether oxygens (including phenoxy) is 1. The van der Waals surface area contributed by atoms with Crippen molar-refractivity contribution < 1.29 is 14.7 Å². The molecule has 0 saturated heterocycles. The summed E-state index contributed by atoms with van der Waals surface area (Å²) >= 11 is 0. The zero-order chi connectivity index (χ0) is 11.5. The zero-order valence-electron chi connectivity index (χ0n) is 9.56. The van der Waals surface area contributed by atoms with Crippen molar-refractivity contribution in [1.29, 1.82) is 0 Å². The second-order valence-electron chi connectivity index (χ2n) is 4.96. The van der Waals surface area contributed by atoms with E-state index in [0.29, 0.717) is 12.8 Å². The predicted octanol–water partition coefficient (Wildman–Crippen LogP) is 2.32. The third kappa shape index (κ3) is 4.97. The van der Waals surface area contributed by atoms with Crippen LogP contribution in [0.25, 0.3) is 0 Å². The van der Waals surface area contributed by atoms with Gasteiger partial charge >= 0.3 is 0 Å². The van der Waals surface area contributed by atoms with Crippen LogP contribution in [-0.4, -0.2) is 22.9 Å². The molecule has 0 bridgehead atoms. The standard InChI is InChI=1S/C10H19NO4/c1-10(2,3)14-8-4-6-9(7-5-8)15-11(12)13/h8-9H,4-7H2,1-3H3. The summed E-state index contributed by atoms with van der Waals surface area (Å²) in [6.07, 6.45) is 3.09. The van der Waals surface area contributed by atoms with Crippen LogP contribution in [0.3, 0.4) is 0 Å². The highest BCUT2D eigenvalue weighted by molar-refractivity contribution is 4.75. The fourth-order valence-electron chi connectivity index (χ4n) is 1.88. The molecule has 0 heterocycles. The minimum Gasteiger partial charge on any atom is -0.373 e. The van der Waals surface area contributed by atoms with Crippen molar-refractivity contribution in [2.75, 3.05) is 0 Å².